The lowest BCUT2D eigenvalue weighted by atomic mass is 9.69. The summed E-state index contributed by atoms with van der Waals surface area (Å²) in [6, 6.07) is 6.01. The third kappa shape index (κ3) is 10.6. The summed E-state index contributed by atoms with van der Waals surface area (Å²) >= 11 is 0. The summed E-state index contributed by atoms with van der Waals surface area (Å²) in [7, 11) is 0. The zero-order valence-electron chi connectivity index (χ0n) is 32.4. The summed E-state index contributed by atoms with van der Waals surface area (Å²) in [6.07, 6.45) is 26.2. The molecule has 0 aromatic heterocycles. The molecule has 1 heterocycles. The van der Waals surface area contributed by atoms with Crippen molar-refractivity contribution in [3.63, 3.8) is 0 Å². The van der Waals surface area contributed by atoms with Crippen molar-refractivity contribution in [3.05, 3.63) is 29.3 Å². The normalized spacial score (nSPS) is 32.3. The highest BCUT2D eigenvalue weighted by atomic mass is 16.5. The minimum absolute atomic E-state index is 0.198. The largest absolute Gasteiger partial charge is 0.493 e. The van der Waals surface area contributed by atoms with Crippen LogP contribution in [0, 0.1) is 47.3 Å². The second kappa shape index (κ2) is 19.1. The number of carbonyl (C=O) groups is 2. The number of benzene rings is 1. The van der Waals surface area contributed by atoms with Crippen molar-refractivity contribution in [2.75, 3.05) is 39.5 Å². The summed E-state index contributed by atoms with van der Waals surface area (Å²) in [5.74, 6) is 7.75. The van der Waals surface area contributed by atoms with Gasteiger partial charge in [-0.2, -0.15) is 0 Å². The Morgan fingerprint density at radius 2 is 1.12 bits per heavy atom. The van der Waals surface area contributed by atoms with Gasteiger partial charge in [-0.3, -0.25) is 9.59 Å². The zero-order chi connectivity index (χ0) is 35.6. The molecule has 51 heavy (non-hydrogen) atoms. The van der Waals surface area contributed by atoms with Crippen LogP contribution in [0.5, 0.6) is 11.5 Å². The number of rotatable bonds is 13. The van der Waals surface area contributed by atoms with Gasteiger partial charge in [-0.1, -0.05) is 52.4 Å². The Labute approximate surface area is 309 Å². The number of ketones is 1. The fraction of sp³-hybridized carbons (Fsp3) is 0.778. The first-order valence-corrected chi connectivity index (χ1v) is 21.4. The van der Waals surface area contributed by atoms with E-state index in [-0.39, 0.29) is 17.3 Å². The molecule has 1 saturated heterocycles. The van der Waals surface area contributed by atoms with Crippen LogP contribution in [-0.2, 0) is 14.3 Å². The average molecular weight is 704 g/mol. The molecule has 0 spiro atoms. The Morgan fingerprint density at radius 3 is 1.57 bits per heavy atom. The van der Waals surface area contributed by atoms with Gasteiger partial charge in [0.25, 0.3) is 5.91 Å². The number of morpholine rings is 1. The summed E-state index contributed by atoms with van der Waals surface area (Å²) in [5, 5.41) is 0. The maximum absolute atomic E-state index is 13.6. The van der Waals surface area contributed by atoms with Gasteiger partial charge in [-0.05, 0) is 156 Å². The Morgan fingerprint density at radius 1 is 0.667 bits per heavy atom. The van der Waals surface area contributed by atoms with Crippen LogP contribution < -0.4 is 9.47 Å². The molecule has 5 fully saturated rings. The molecule has 4 saturated carbocycles. The number of hydrogen-bond donors (Lipinski definition) is 0. The van der Waals surface area contributed by atoms with E-state index < -0.39 is 0 Å². The second-order valence-electron chi connectivity index (χ2n) is 17.3. The number of carbonyl (C=O) groups excluding carboxylic acids is 2. The number of ether oxygens (including phenoxy) is 3. The van der Waals surface area contributed by atoms with Crippen molar-refractivity contribution < 1.29 is 23.8 Å². The molecule has 1 amide bonds. The Balaban J connectivity index is 1.07. The molecule has 0 N–H and O–H groups in total. The van der Waals surface area contributed by atoms with E-state index in [0.29, 0.717) is 51.4 Å². The minimum Gasteiger partial charge on any atom is -0.493 e. The SMILES string of the molecule is CCC1CCC(C2CCC(COc3ccc(OCC4CCC(C5CCC(CC)CC5)CC4)c(/C=C(\C(C)=O)C(=O)N4CCOCC4)c3)CC2)CC1. The molecule has 4 aliphatic carbocycles. The minimum atomic E-state index is -0.227. The van der Waals surface area contributed by atoms with Crippen LogP contribution in [0.1, 0.15) is 142 Å². The lowest BCUT2D eigenvalue weighted by Gasteiger charge is -2.37. The maximum Gasteiger partial charge on any atom is 0.257 e. The number of hydrogen-bond acceptors (Lipinski definition) is 5. The van der Waals surface area contributed by atoms with E-state index in [1.165, 1.54) is 122 Å². The van der Waals surface area contributed by atoms with E-state index in [2.05, 4.69) is 13.8 Å². The molecule has 6 nitrogen and oxygen atoms in total. The third-order valence-electron chi connectivity index (χ3n) is 14.2. The average Bonchev–Trinajstić information content (AvgIpc) is 3.19. The van der Waals surface area contributed by atoms with Crippen LogP contribution in [0.15, 0.2) is 23.8 Å². The van der Waals surface area contributed by atoms with E-state index in [1.54, 1.807) is 11.0 Å². The van der Waals surface area contributed by atoms with Crippen LogP contribution in [0.2, 0.25) is 0 Å². The van der Waals surface area contributed by atoms with Crippen LogP contribution >= 0.6 is 0 Å². The Hall–Kier alpha value is -2.34. The molecule has 0 bridgehead atoms. The van der Waals surface area contributed by atoms with Crippen LogP contribution in [0.25, 0.3) is 6.08 Å². The van der Waals surface area contributed by atoms with E-state index >= 15 is 0 Å². The van der Waals surface area contributed by atoms with Gasteiger partial charge in [0.2, 0.25) is 0 Å². The Bertz CT molecular complexity index is 1270. The topological polar surface area (TPSA) is 65.1 Å². The third-order valence-corrected chi connectivity index (χ3v) is 14.2. The monoisotopic (exact) mass is 704 g/mol. The molecule has 1 aromatic rings. The highest BCUT2D eigenvalue weighted by molar-refractivity contribution is 6.21. The fourth-order valence-corrected chi connectivity index (χ4v) is 10.5. The van der Waals surface area contributed by atoms with Gasteiger partial charge >= 0.3 is 0 Å². The van der Waals surface area contributed by atoms with E-state index in [0.717, 1.165) is 52.6 Å². The molecule has 284 valence electrons. The van der Waals surface area contributed by atoms with Crippen molar-refractivity contribution in [1.29, 1.82) is 0 Å². The fourth-order valence-electron chi connectivity index (χ4n) is 10.5. The molecule has 6 rings (SSSR count). The van der Waals surface area contributed by atoms with E-state index in [1.807, 2.05) is 18.2 Å². The van der Waals surface area contributed by atoms with E-state index in [4.69, 9.17) is 14.2 Å². The number of nitrogens with zero attached hydrogens (tertiary/aromatic N) is 1. The van der Waals surface area contributed by atoms with Crippen LogP contribution in [-0.4, -0.2) is 56.1 Å². The van der Waals surface area contributed by atoms with Gasteiger partial charge in [0, 0.05) is 18.7 Å². The lowest BCUT2D eigenvalue weighted by Crippen LogP contribution is -2.42. The molecule has 6 heteroatoms. The van der Waals surface area contributed by atoms with Crippen LogP contribution in [0.4, 0.5) is 0 Å². The highest BCUT2D eigenvalue weighted by Gasteiger charge is 2.32. The quantitative estimate of drug-likeness (QED) is 0.116. The first-order valence-electron chi connectivity index (χ1n) is 21.4. The molecule has 0 unspecified atom stereocenters. The van der Waals surface area contributed by atoms with Gasteiger partial charge in [0.05, 0.1) is 32.0 Å². The van der Waals surface area contributed by atoms with Crippen molar-refractivity contribution in [1.82, 2.24) is 4.90 Å². The molecule has 1 aliphatic heterocycles. The Kier molecular flexibility index (Phi) is 14.4. The van der Waals surface area contributed by atoms with Gasteiger partial charge in [0.15, 0.2) is 5.78 Å². The van der Waals surface area contributed by atoms with Gasteiger partial charge in [0.1, 0.15) is 11.5 Å². The van der Waals surface area contributed by atoms with Gasteiger partial charge < -0.3 is 19.1 Å². The molecule has 1 aromatic carbocycles. The van der Waals surface area contributed by atoms with Crippen molar-refractivity contribution in [2.45, 2.75) is 136 Å². The summed E-state index contributed by atoms with van der Waals surface area (Å²) in [5.41, 5.74) is 0.954. The highest BCUT2D eigenvalue weighted by Crippen LogP contribution is 2.44. The van der Waals surface area contributed by atoms with Crippen LogP contribution in [0.3, 0.4) is 0 Å². The molecular formula is C45H69NO5. The summed E-state index contributed by atoms with van der Waals surface area (Å²) in [6.45, 7) is 9.59. The zero-order valence-corrected chi connectivity index (χ0v) is 32.4. The predicted octanol–water partition coefficient (Wildman–Crippen LogP) is 10.3. The molecule has 5 aliphatic rings. The van der Waals surface area contributed by atoms with Crippen molar-refractivity contribution >= 4 is 17.8 Å². The van der Waals surface area contributed by atoms with Gasteiger partial charge in [-0.25, -0.2) is 0 Å². The summed E-state index contributed by atoms with van der Waals surface area (Å²) in [4.78, 5) is 28.2. The van der Waals surface area contributed by atoms with Crippen molar-refractivity contribution in [3.8, 4) is 11.5 Å². The number of amides is 1. The number of Topliss-reactive ketones (excluding diaryl/α,β-unsaturated/α-hetero) is 1. The standard InChI is InChI=1S/C45H69NO5/c1-4-33-6-14-37(15-7-33)39-18-10-35(11-19-39)30-50-42-22-23-44(41(28-42)29-43(32(3)47)45(48)46-24-26-49-27-25-46)51-31-36-12-20-40(21-13-36)38-16-8-34(5-2)9-17-38/h22-23,28-29,33-40H,4-21,24-27,30-31H2,1-3H3/b43-29+. The lowest BCUT2D eigenvalue weighted by molar-refractivity contribution is -0.132. The molecule has 0 radical (unpaired) electrons. The predicted molar refractivity (Wildman–Crippen MR) is 206 cm³/mol. The smallest absolute Gasteiger partial charge is 0.257 e. The first kappa shape index (κ1) is 38.4. The van der Waals surface area contributed by atoms with Gasteiger partial charge in [-0.15, -0.1) is 0 Å². The van der Waals surface area contributed by atoms with Crippen molar-refractivity contribution in [2.24, 2.45) is 47.3 Å². The molecular weight excluding hydrogens is 634 g/mol. The maximum atomic E-state index is 13.6. The van der Waals surface area contributed by atoms with E-state index in [9.17, 15) is 9.59 Å². The molecule has 0 atom stereocenters. The first-order chi connectivity index (χ1) is 24.9. The second-order valence-corrected chi connectivity index (χ2v) is 17.3. The summed E-state index contributed by atoms with van der Waals surface area (Å²) < 4.78 is 18.5.